The molecule has 0 bridgehead atoms. The number of aryl methyl sites for hydroxylation is 1. The van der Waals surface area contributed by atoms with Gasteiger partial charge in [-0.2, -0.15) is 9.78 Å². The van der Waals surface area contributed by atoms with Crippen LogP contribution in [-0.4, -0.2) is 20.3 Å². The van der Waals surface area contributed by atoms with Crippen molar-refractivity contribution >= 4 is 5.91 Å². The summed E-state index contributed by atoms with van der Waals surface area (Å²) in [7, 11) is 0. The van der Waals surface area contributed by atoms with E-state index < -0.39 is 34.7 Å². The van der Waals surface area contributed by atoms with Crippen molar-refractivity contribution in [2.45, 2.75) is 26.4 Å². The summed E-state index contributed by atoms with van der Waals surface area (Å²) in [6, 6.07) is 21.3. The maximum Gasteiger partial charge on any atom is 0.352 e. The predicted molar refractivity (Wildman–Crippen MR) is 127 cm³/mol. The van der Waals surface area contributed by atoms with Gasteiger partial charge in [0.25, 0.3) is 11.5 Å². The van der Waals surface area contributed by atoms with Gasteiger partial charge >= 0.3 is 5.69 Å². The van der Waals surface area contributed by atoms with Crippen LogP contribution < -0.4 is 16.6 Å². The highest BCUT2D eigenvalue weighted by atomic mass is 19.1. The minimum atomic E-state index is -0.803. The first-order chi connectivity index (χ1) is 16.3. The second-order valence-electron chi connectivity index (χ2n) is 8.01. The number of nitrogens with zero attached hydrogens (tertiary/aromatic N) is 3. The lowest BCUT2D eigenvalue weighted by molar-refractivity contribution is 0.0930. The van der Waals surface area contributed by atoms with Gasteiger partial charge in [0.15, 0.2) is 0 Å². The summed E-state index contributed by atoms with van der Waals surface area (Å²) < 4.78 is 15.4. The summed E-state index contributed by atoms with van der Waals surface area (Å²) in [4.78, 5) is 39.6. The van der Waals surface area contributed by atoms with E-state index in [1.165, 1.54) is 24.3 Å². The van der Waals surface area contributed by atoms with Crippen LogP contribution in [0.4, 0.5) is 4.39 Å². The van der Waals surface area contributed by atoms with Crippen LogP contribution in [0.3, 0.4) is 0 Å². The number of rotatable bonds is 6. The lowest BCUT2D eigenvalue weighted by atomic mass is 10.1. The van der Waals surface area contributed by atoms with Crippen molar-refractivity contribution in [1.82, 2.24) is 19.7 Å². The molecule has 0 spiro atoms. The van der Waals surface area contributed by atoms with Crippen LogP contribution in [0.2, 0.25) is 0 Å². The Morgan fingerprint density at radius 1 is 1.00 bits per heavy atom. The van der Waals surface area contributed by atoms with Crippen molar-refractivity contribution < 1.29 is 9.18 Å². The Bertz CT molecular complexity index is 1440. The van der Waals surface area contributed by atoms with Crippen LogP contribution in [0.25, 0.3) is 5.69 Å². The van der Waals surface area contributed by atoms with Crippen molar-refractivity contribution in [3.05, 3.63) is 128 Å². The molecule has 7 nitrogen and oxygen atoms in total. The summed E-state index contributed by atoms with van der Waals surface area (Å²) in [5, 5.41) is 6.85. The average Bonchev–Trinajstić information content (AvgIpc) is 2.83. The fourth-order valence-corrected chi connectivity index (χ4v) is 3.63. The second-order valence-corrected chi connectivity index (χ2v) is 8.01. The number of carbonyl (C=O) groups is 1. The zero-order valence-electron chi connectivity index (χ0n) is 18.7. The van der Waals surface area contributed by atoms with E-state index in [9.17, 15) is 18.8 Å². The molecule has 3 aromatic carbocycles. The molecule has 0 saturated heterocycles. The van der Waals surface area contributed by atoms with Gasteiger partial charge in [0.2, 0.25) is 5.69 Å². The van der Waals surface area contributed by atoms with Crippen molar-refractivity contribution in [3.63, 3.8) is 0 Å². The number of amides is 1. The van der Waals surface area contributed by atoms with Gasteiger partial charge in [-0.05, 0) is 49.2 Å². The van der Waals surface area contributed by atoms with Gasteiger partial charge in [0.05, 0.1) is 18.3 Å². The molecule has 1 aromatic heterocycles. The Hall–Kier alpha value is -4.33. The molecular weight excluding hydrogens is 435 g/mol. The molecule has 1 N–H and O–H groups in total. The van der Waals surface area contributed by atoms with Crippen LogP contribution >= 0.6 is 0 Å². The summed E-state index contributed by atoms with van der Waals surface area (Å²) in [6.07, 6.45) is 0. The van der Waals surface area contributed by atoms with E-state index in [1.54, 1.807) is 13.0 Å². The molecule has 0 saturated carbocycles. The molecule has 8 heteroatoms. The monoisotopic (exact) mass is 458 g/mol. The van der Waals surface area contributed by atoms with Crippen LogP contribution in [0, 0.1) is 12.7 Å². The zero-order chi connectivity index (χ0) is 24.2. The topological polar surface area (TPSA) is 86.0 Å². The van der Waals surface area contributed by atoms with E-state index in [1.807, 2.05) is 55.5 Å². The van der Waals surface area contributed by atoms with Crippen molar-refractivity contribution in [2.75, 3.05) is 0 Å². The molecule has 0 aliphatic heterocycles. The van der Waals surface area contributed by atoms with E-state index in [2.05, 4.69) is 10.4 Å². The molecular formula is C26H23FN4O3. The van der Waals surface area contributed by atoms with Crippen molar-refractivity contribution in [1.29, 1.82) is 0 Å². The SMILES string of the molecule is Cc1cccc(Cn2c(=O)c(C(=O)N[C@H](C)c3ccccc3)nn(-c3ccc(F)cc3)c2=O)c1. The van der Waals surface area contributed by atoms with Crippen molar-refractivity contribution in [2.24, 2.45) is 0 Å². The molecule has 0 aliphatic carbocycles. The molecule has 1 atom stereocenters. The molecule has 4 aromatic rings. The first-order valence-corrected chi connectivity index (χ1v) is 10.7. The highest BCUT2D eigenvalue weighted by Crippen LogP contribution is 2.12. The zero-order valence-corrected chi connectivity index (χ0v) is 18.7. The van der Waals surface area contributed by atoms with E-state index in [4.69, 9.17) is 0 Å². The third-order valence-electron chi connectivity index (χ3n) is 5.42. The number of benzene rings is 3. The largest absolute Gasteiger partial charge is 0.352 e. The maximum atomic E-state index is 13.5. The summed E-state index contributed by atoms with van der Waals surface area (Å²) in [5.74, 6) is -1.20. The normalized spacial score (nSPS) is 11.7. The average molecular weight is 458 g/mol. The third kappa shape index (κ3) is 4.85. The molecule has 0 unspecified atom stereocenters. The van der Waals surface area contributed by atoms with Crippen LogP contribution in [0.15, 0.2) is 88.5 Å². The minimum Gasteiger partial charge on any atom is -0.344 e. The van der Waals surface area contributed by atoms with E-state index in [0.717, 1.165) is 25.9 Å². The van der Waals surface area contributed by atoms with Gasteiger partial charge in [0, 0.05) is 0 Å². The van der Waals surface area contributed by atoms with Gasteiger partial charge < -0.3 is 5.32 Å². The highest BCUT2D eigenvalue weighted by molar-refractivity contribution is 5.92. The van der Waals surface area contributed by atoms with Gasteiger partial charge in [-0.15, -0.1) is 0 Å². The Morgan fingerprint density at radius 2 is 1.71 bits per heavy atom. The Morgan fingerprint density at radius 3 is 2.38 bits per heavy atom. The van der Waals surface area contributed by atoms with Crippen molar-refractivity contribution in [3.8, 4) is 5.69 Å². The van der Waals surface area contributed by atoms with Crippen LogP contribution in [0.1, 0.15) is 40.1 Å². The Labute approximate surface area is 195 Å². The van der Waals surface area contributed by atoms with Gasteiger partial charge in [-0.25, -0.2) is 9.18 Å². The number of carbonyl (C=O) groups excluding carboxylic acids is 1. The Kier molecular flexibility index (Phi) is 6.49. The van der Waals surface area contributed by atoms with Gasteiger partial charge in [-0.3, -0.25) is 14.2 Å². The predicted octanol–water partition coefficient (Wildman–Crippen LogP) is 3.38. The number of aromatic nitrogens is 3. The molecule has 0 aliphatic rings. The summed E-state index contributed by atoms with van der Waals surface area (Å²) in [5.41, 5.74) is 0.804. The molecule has 172 valence electrons. The fraction of sp³-hybridized carbons (Fsp3) is 0.154. The van der Waals surface area contributed by atoms with Gasteiger partial charge in [-0.1, -0.05) is 60.2 Å². The lowest BCUT2D eigenvalue weighted by Crippen LogP contribution is -2.46. The maximum absolute atomic E-state index is 13.5. The molecule has 1 amide bonds. The Balaban J connectivity index is 1.81. The van der Waals surface area contributed by atoms with E-state index in [-0.39, 0.29) is 12.2 Å². The summed E-state index contributed by atoms with van der Waals surface area (Å²) >= 11 is 0. The molecule has 1 heterocycles. The smallest absolute Gasteiger partial charge is 0.344 e. The van der Waals surface area contributed by atoms with Gasteiger partial charge in [0.1, 0.15) is 5.82 Å². The molecule has 4 rings (SSSR count). The minimum absolute atomic E-state index is 0.0441. The van der Waals surface area contributed by atoms with E-state index >= 15 is 0 Å². The molecule has 0 fully saturated rings. The second kappa shape index (κ2) is 9.66. The number of nitrogens with one attached hydrogen (secondary N) is 1. The number of hydrogen-bond acceptors (Lipinski definition) is 4. The number of hydrogen-bond donors (Lipinski definition) is 1. The van der Waals surface area contributed by atoms with E-state index in [0.29, 0.717) is 0 Å². The first-order valence-electron chi connectivity index (χ1n) is 10.7. The quantitative estimate of drug-likeness (QED) is 0.480. The van der Waals surface area contributed by atoms with Crippen LogP contribution in [-0.2, 0) is 6.54 Å². The first kappa shape index (κ1) is 22.8. The summed E-state index contributed by atoms with van der Waals surface area (Å²) in [6.45, 7) is 3.64. The third-order valence-corrected chi connectivity index (χ3v) is 5.42. The number of halogens is 1. The standard InChI is InChI=1S/C26H23FN4O3/c1-17-7-6-8-19(15-17)16-30-25(33)23(24(32)28-18(2)20-9-4-3-5-10-20)29-31(26(30)34)22-13-11-21(27)12-14-22/h3-15,18H,16H2,1-2H3,(H,28,32)/t18-/m1/s1. The highest BCUT2D eigenvalue weighted by Gasteiger charge is 2.22. The molecule has 0 radical (unpaired) electrons. The van der Waals surface area contributed by atoms with Crippen LogP contribution in [0.5, 0.6) is 0 Å². The lowest BCUT2D eigenvalue weighted by Gasteiger charge is -2.16. The fourth-order valence-electron chi connectivity index (χ4n) is 3.63. The molecule has 34 heavy (non-hydrogen) atoms.